The van der Waals surface area contributed by atoms with Gasteiger partial charge in [0, 0.05) is 44.5 Å². The molecule has 1 amide bonds. The Morgan fingerprint density at radius 1 is 1.10 bits per heavy atom. The highest BCUT2D eigenvalue weighted by Gasteiger charge is 2.34. The summed E-state index contributed by atoms with van der Waals surface area (Å²) in [6.07, 6.45) is 5.23. The van der Waals surface area contributed by atoms with Gasteiger partial charge in [-0.25, -0.2) is 12.7 Å². The maximum absolute atomic E-state index is 12.7. The van der Waals surface area contributed by atoms with Crippen molar-refractivity contribution in [1.29, 1.82) is 0 Å². The molecule has 2 aromatic rings. The Balaban J connectivity index is 1.39. The lowest BCUT2D eigenvalue weighted by molar-refractivity contribution is -0.132. The third-order valence-corrected chi connectivity index (χ3v) is 8.29. The number of amides is 1. The number of rotatable bonds is 5. The van der Waals surface area contributed by atoms with E-state index in [9.17, 15) is 13.2 Å². The topological polar surface area (TPSA) is 101 Å². The largest absolute Gasteiger partial charge is 0.333 e. The highest BCUT2D eigenvalue weighted by molar-refractivity contribution is 7.89. The van der Waals surface area contributed by atoms with Crippen LogP contribution in [0.1, 0.15) is 49.8 Å². The van der Waals surface area contributed by atoms with Crippen LogP contribution in [0, 0.1) is 0 Å². The van der Waals surface area contributed by atoms with Gasteiger partial charge in [0.2, 0.25) is 15.9 Å². The first-order valence-electron chi connectivity index (χ1n) is 10.4. The molecule has 0 saturated carbocycles. The third kappa shape index (κ3) is 4.11. The Bertz CT molecular complexity index is 997. The predicted molar refractivity (Wildman–Crippen MR) is 111 cm³/mol. The Labute approximate surface area is 177 Å². The van der Waals surface area contributed by atoms with Gasteiger partial charge in [0.25, 0.3) is 0 Å². The number of carbonyl (C=O) groups is 1. The van der Waals surface area contributed by atoms with E-state index in [0.717, 1.165) is 30.1 Å². The molecule has 30 heavy (non-hydrogen) atoms. The van der Waals surface area contributed by atoms with Crippen molar-refractivity contribution >= 4 is 15.9 Å². The average Bonchev–Trinajstić information content (AvgIpc) is 3.17. The van der Waals surface area contributed by atoms with Crippen LogP contribution >= 0.6 is 0 Å². The normalized spacial score (nSPS) is 18.6. The van der Waals surface area contributed by atoms with Gasteiger partial charge in [-0.15, -0.1) is 10.2 Å². The van der Waals surface area contributed by atoms with Gasteiger partial charge in [-0.3, -0.25) is 9.78 Å². The van der Waals surface area contributed by atoms with Gasteiger partial charge in [0.1, 0.15) is 5.82 Å². The van der Waals surface area contributed by atoms with Crippen LogP contribution in [0.5, 0.6) is 0 Å². The summed E-state index contributed by atoms with van der Waals surface area (Å²) in [7, 11) is -3.21. The SMILES string of the molecule is CC(C)S(=O)(=O)N1CCC(c2nnc3n2CCN(C(=O)Cc2ccncc2)C3)CC1. The van der Waals surface area contributed by atoms with Gasteiger partial charge in [-0.05, 0) is 44.4 Å². The highest BCUT2D eigenvalue weighted by atomic mass is 32.2. The first-order chi connectivity index (χ1) is 14.4. The first-order valence-corrected chi connectivity index (χ1v) is 11.9. The molecule has 0 N–H and O–H groups in total. The molecule has 0 radical (unpaired) electrons. The van der Waals surface area contributed by atoms with E-state index in [2.05, 4.69) is 19.7 Å². The summed E-state index contributed by atoms with van der Waals surface area (Å²) < 4.78 is 28.5. The number of piperidine rings is 1. The summed E-state index contributed by atoms with van der Waals surface area (Å²) in [5.41, 5.74) is 0.950. The second-order valence-electron chi connectivity index (χ2n) is 8.24. The standard InChI is InChI=1S/C20H28N6O3S/c1-15(2)30(28,29)25-9-5-17(6-10-25)20-23-22-18-14-24(11-12-26(18)20)19(27)13-16-3-7-21-8-4-16/h3-4,7-8,15,17H,5-6,9-14H2,1-2H3. The third-order valence-electron chi connectivity index (χ3n) is 6.01. The molecule has 162 valence electrons. The lowest BCUT2D eigenvalue weighted by atomic mass is 9.97. The van der Waals surface area contributed by atoms with Crippen LogP contribution in [0.25, 0.3) is 0 Å². The molecule has 9 nitrogen and oxygen atoms in total. The van der Waals surface area contributed by atoms with Crippen molar-refractivity contribution in [3.05, 3.63) is 41.7 Å². The molecule has 1 saturated heterocycles. The van der Waals surface area contributed by atoms with Crippen molar-refractivity contribution in [2.75, 3.05) is 19.6 Å². The number of aromatic nitrogens is 4. The summed E-state index contributed by atoms with van der Waals surface area (Å²) in [5, 5.41) is 8.37. The van der Waals surface area contributed by atoms with Gasteiger partial charge in [0.05, 0.1) is 18.2 Å². The molecule has 10 heteroatoms. The summed E-state index contributed by atoms with van der Waals surface area (Å²) >= 11 is 0. The van der Waals surface area contributed by atoms with Crippen molar-refractivity contribution in [3.8, 4) is 0 Å². The maximum Gasteiger partial charge on any atom is 0.227 e. The molecule has 2 aliphatic heterocycles. The quantitative estimate of drug-likeness (QED) is 0.703. The van der Waals surface area contributed by atoms with Crippen molar-refractivity contribution < 1.29 is 13.2 Å². The molecule has 4 heterocycles. The van der Waals surface area contributed by atoms with Crippen molar-refractivity contribution in [1.82, 2.24) is 29.0 Å². The van der Waals surface area contributed by atoms with Crippen LogP contribution in [-0.4, -0.2) is 68.2 Å². The molecule has 0 bridgehead atoms. The van der Waals surface area contributed by atoms with Gasteiger partial charge in [-0.2, -0.15) is 0 Å². The maximum atomic E-state index is 12.7. The second-order valence-corrected chi connectivity index (χ2v) is 10.7. The van der Waals surface area contributed by atoms with E-state index in [4.69, 9.17) is 0 Å². The first kappa shape index (κ1) is 20.9. The smallest absolute Gasteiger partial charge is 0.227 e. The fraction of sp³-hybridized carbons (Fsp3) is 0.600. The number of sulfonamides is 1. The number of hydrogen-bond acceptors (Lipinski definition) is 6. The zero-order valence-corrected chi connectivity index (χ0v) is 18.3. The van der Waals surface area contributed by atoms with Crippen LogP contribution in [0.15, 0.2) is 24.5 Å². The van der Waals surface area contributed by atoms with Crippen molar-refractivity contribution in [3.63, 3.8) is 0 Å². The van der Waals surface area contributed by atoms with E-state index in [1.807, 2.05) is 17.0 Å². The van der Waals surface area contributed by atoms with Crippen molar-refractivity contribution in [2.24, 2.45) is 0 Å². The van der Waals surface area contributed by atoms with E-state index in [1.165, 1.54) is 0 Å². The molecular formula is C20H28N6O3S. The molecule has 4 rings (SSSR count). The summed E-state index contributed by atoms with van der Waals surface area (Å²) in [6, 6.07) is 3.71. The fourth-order valence-corrected chi connectivity index (χ4v) is 5.46. The number of pyridine rings is 1. The summed E-state index contributed by atoms with van der Waals surface area (Å²) in [6.45, 7) is 6.23. The van der Waals surface area contributed by atoms with E-state index in [0.29, 0.717) is 39.1 Å². The zero-order chi connectivity index (χ0) is 21.3. The minimum absolute atomic E-state index is 0.0733. The number of nitrogens with zero attached hydrogens (tertiary/aromatic N) is 6. The minimum atomic E-state index is -3.21. The minimum Gasteiger partial charge on any atom is -0.333 e. The lowest BCUT2D eigenvalue weighted by Gasteiger charge is -2.33. The Kier molecular flexibility index (Phi) is 5.88. The molecule has 2 aliphatic rings. The van der Waals surface area contributed by atoms with Gasteiger partial charge in [-0.1, -0.05) is 0 Å². The average molecular weight is 433 g/mol. The summed E-state index contributed by atoms with van der Waals surface area (Å²) in [4.78, 5) is 18.5. The van der Waals surface area contributed by atoms with Crippen LogP contribution < -0.4 is 0 Å². The van der Waals surface area contributed by atoms with Gasteiger partial charge in [0.15, 0.2) is 5.82 Å². The van der Waals surface area contributed by atoms with Crippen LogP contribution in [0.2, 0.25) is 0 Å². The molecule has 0 aromatic carbocycles. The number of fused-ring (bicyclic) bond motifs is 1. The van der Waals surface area contributed by atoms with Gasteiger partial charge >= 0.3 is 0 Å². The Morgan fingerprint density at radius 3 is 2.47 bits per heavy atom. The van der Waals surface area contributed by atoms with Crippen LogP contribution in [0.4, 0.5) is 0 Å². The van der Waals surface area contributed by atoms with E-state index in [-0.39, 0.29) is 11.8 Å². The van der Waals surface area contributed by atoms with Gasteiger partial charge < -0.3 is 9.47 Å². The van der Waals surface area contributed by atoms with E-state index < -0.39 is 15.3 Å². The monoisotopic (exact) mass is 432 g/mol. The van der Waals surface area contributed by atoms with E-state index >= 15 is 0 Å². The lowest BCUT2D eigenvalue weighted by Crippen LogP contribution is -2.42. The van der Waals surface area contributed by atoms with Crippen LogP contribution in [0.3, 0.4) is 0 Å². The highest BCUT2D eigenvalue weighted by Crippen LogP contribution is 2.30. The number of carbonyl (C=O) groups excluding carboxylic acids is 1. The molecule has 0 atom stereocenters. The molecule has 0 spiro atoms. The predicted octanol–water partition coefficient (Wildman–Crippen LogP) is 1.18. The summed E-state index contributed by atoms with van der Waals surface area (Å²) in [5.74, 6) is 2.00. The molecule has 2 aromatic heterocycles. The van der Waals surface area contributed by atoms with E-state index in [1.54, 1.807) is 30.5 Å². The fourth-order valence-electron chi connectivity index (χ4n) is 4.15. The number of hydrogen-bond donors (Lipinski definition) is 0. The molecule has 0 unspecified atom stereocenters. The van der Waals surface area contributed by atoms with Crippen molar-refractivity contribution in [2.45, 2.75) is 57.4 Å². The Morgan fingerprint density at radius 2 is 1.80 bits per heavy atom. The molecule has 0 aliphatic carbocycles. The zero-order valence-electron chi connectivity index (χ0n) is 17.4. The second kappa shape index (κ2) is 8.43. The Hall–Kier alpha value is -2.33. The molecule has 1 fully saturated rings. The van der Waals surface area contributed by atoms with Crippen LogP contribution in [-0.2, 0) is 34.3 Å². The molecular weight excluding hydrogens is 404 g/mol.